The highest BCUT2D eigenvalue weighted by Crippen LogP contribution is 2.35. The van der Waals surface area contributed by atoms with Crippen LogP contribution in [0.4, 0.5) is 4.79 Å². The van der Waals surface area contributed by atoms with Gasteiger partial charge >= 0.3 is 6.03 Å². The van der Waals surface area contributed by atoms with Crippen LogP contribution >= 0.6 is 0 Å². The molecule has 9 heteroatoms. The predicted octanol–water partition coefficient (Wildman–Crippen LogP) is 0.799. The Morgan fingerprint density at radius 3 is 2.65 bits per heavy atom. The highest BCUT2D eigenvalue weighted by atomic mass is 16.2. The first-order chi connectivity index (χ1) is 12.4. The van der Waals surface area contributed by atoms with Crippen molar-refractivity contribution in [2.45, 2.75) is 58.0 Å². The summed E-state index contributed by atoms with van der Waals surface area (Å²) in [4.78, 5) is 49.1. The van der Waals surface area contributed by atoms with Gasteiger partial charge in [-0.1, -0.05) is 13.8 Å². The summed E-state index contributed by atoms with van der Waals surface area (Å²) in [6.45, 7) is 4.38. The molecule has 1 aromatic rings. The van der Waals surface area contributed by atoms with Gasteiger partial charge < -0.3 is 5.32 Å². The molecule has 0 aromatic carbocycles. The van der Waals surface area contributed by atoms with E-state index in [1.54, 1.807) is 0 Å². The largest absolute Gasteiger partial charge is 0.344 e. The first-order valence-electron chi connectivity index (χ1n) is 8.92. The van der Waals surface area contributed by atoms with Gasteiger partial charge in [0.05, 0.1) is 0 Å². The van der Waals surface area contributed by atoms with Crippen molar-refractivity contribution in [2.24, 2.45) is 5.92 Å². The number of imide groups is 1. The summed E-state index contributed by atoms with van der Waals surface area (Å²) in [6.07, 6.45) is 3.50. The van der Waals surface area contributed by atoms with Crippen LogP contribution in [0.3, 0.4) is 0 Å². The molecular formula is C17H23N5O4. The van der Waals surface area contributed by atoms with E-state index in [0.717, 1.165) is 17.9 Å². The van der Waals surface area contributed by atoms with Gasteiger partial charge in [-0.15, -0.1) is 0 Å². The zero-order valence-electron chi connectivity index (χ0n) is 14.9. The van der Waals surface area contributed by atoms with Crippen molar-refractivity contribution < 1.29 is 14.4 Å². The molecular weight excluding hydrogens is 338 g/mol. The first-order valence-corrected chi connectivity index (χ1v) is 8.92. The van der Waals surface area contributed by atoms with Crippen LogP contribution in [0.15, 0.2) is 16.9 Å². The van der Waals surface area contributed by atoms with E-state index < -0.39 is 23.4 Å². The summed E-state index contributed by atoms with van der Waals surface area (Å²) in [5, 5.41) is 7.46. The Balaban J connectivity index is 1.75. The van der Waals surface area contributed by atoms with Gasteiger partial charge in [0.25, 0.3) is 17.4 Å². The molecule has 2 heterocycles. The Morgan fingerprint density at radius 1 is 1.31 bits per heavy atom. The van der Waals surface area contributed by atoms with Gasteiger partial charge in [0.1, 0.15) is 5.54 Å². The SMILES string of the molecule is CCCn1nc(C(=O)NN2C(=O)NC3(CCC(C)CC3)C2=O)ccc1=O. The summed E-state index contributed by atoms with van der Waals surface area (Å²) in [6, 6.07) is 1.88. The summed E-state index contributed by atoms with van der Waals surface area (Å²) in [5.41, 5.74) is 1.05. The lowest BCUT2D eigenvalue weighted by Gasteiger charge is -2.33. The third kappa shape index (κ3) is 3.21. The quantitative estimate of drug-likeness (QED) is 0.770. The van der Waals surface area contributed by atoms with Crippen LogP contribution < -0.4 is 16.3 Å². The van der Waals surface area contributed by atoms with Gasteiger partial charge in [0.2, 0.25) is 0 Å². The van der Waals surface area contributed by atoms with Crippen molar-refractivity contribution in [2.75, 3.05) is 0 Å². The van der Waals surface area contributed by atoms with Crippen LogP contribution in [0.1, 0.15) is 56.4 Å². The highest BCUT2D eigenvalue weighted by molar-refractivity contribution is 6.09. The molecule has 1 aliphatic heterocycles. The van der Waals surface area contributed by atoms with E-state index in [9.17, 15) is 19.2 Å². The monoisotopic (exact) mass is 361 g/mol. The average molecular weight is 361 g/mol. The number of aromatic nitrogens is 2. The average Bonchev–Trinajstić information content (AvgIpc) is 2.84. The fourth-order valence-corrected chi connectivity index (χ4v) is 3.42. The topological polar surface area (TPSA) is 113 Å². The standard InChI is InChI=1S/C17H23N5O4/c1-3-10-21-13(23)5-4-12(19-21)14(24)20-22-15(25)17(18-16(22)26)8-6-11(2)7-9-17/h4-5,11H,3,6-10H2,1-2H3,(H,18,26)(H,20,24). The first kappa shape index (κ1) is 18.1. The number of amides is 4. The Kier molecular flexibility index (Phi) is 4.80. The fourth-order valence-electron chi connectivity index (χ4n) is 3.42. The molecule has 0 unspecified atom stereocenters. The summed E-state index contributed by atoms with van der Waals surface area (Å²) in [5.74, 6) is -0.637. The molecule has 3 rings (SSSR count). The van der Waals surface area contributed by atoms with Crippen LogP contribution in [-0.4, -0.2) is 38.2 Å². The van der Waals surface area contributed by atoms with E-state index >= 15 is 0 Å². The molecule has 26 heavy (non-hydrogen) atoms. The maximum absolute atomic E-state index is 12.7. The second-order valence-electron chi connectivity index (χ2n) is 7.06. The Bertz CT molecular complexity index is 795. The van der Waals surface area contributed by atoms with Crippen molar-refractivity contribution in [3.05, 3.63) is 28.2 Å². The maximum Gasteiger partial charge on any atom is 0.344 e. The van der Waals surface area contributed by atoms with E-state index in [2.05, 4.69) is 22.8 Å². The fraction of sp³-hybridized carbons (Fsp3) is 0.588. The number of nitrogens with one attached hydrogen (secondary N) is 2. The summed E-state index contributed by atoms with van der Waals surface area (Å²) >= 11 is 0. The lowest BCUT2D eigenvalue weighted by Crippen LogP contribution is -2.51. The number of carbonyl (C=O) groups excluding carboxylic acids is 3. The van der Waals surface area contributed by atoms with Crippen LogP contribution in [-0.2, 0) is 11.3 Å². The van der Waals surface area contributed by atoms with Crippen LogP contribution in [0, 0.1) is 5.92 Å². The molecule has 1 saturated heterocycles. The zero-order chi connectivity index (χ0) is 18.9. The molecule has 4 amide bonds. The molecule has 9 nitrogen and oxygen atoms in total. The van der Waals surface area contributed by atoms with Gasteiger partial charge in [-0.2, -0.15) is 10.1 Å². The van der Waals surface area contributed by atoms with Crippen molar-refractivity contribution in [1.82, 2.24) is 25.5 Å². The summed E-state index contributed by atoms with van der Waals surface area (Å²) < 4.78 is 1.19. The minimum atomic E-state index is -0.925. The van der Waals surface area contributed by atoms with Crippen molar-refractivity contribution in [3.63, 3.8) is 0 Å². The van der Waals surface area contributed by atoms with E-state index in [1.165, 1.54) is 16.8 Å². The predicted molar refractivity (Wildman–Crippen MR) is 92.0 cm³/mol. The van der Waals surface area contributed by atoms with E-state index in [4.69, 9.17) is 0 Å². The van der Waals surface area contributed by atoms with Crippen LogP contribution in [0.2, 0.25) is 0 Å². The minimum Gasteiger partial charge on any atom is -0.322 e. The smallest absolute Gasteiger partial charge is 0.322 e. The van der Waals surface area contributed by atoms with E-state index in [0.29, 0.717) is 31.7 Å². The van der Waals surface area contributed by atoms with Crippen molar-refractivity contribution >= 4 is 17.8 Å². The lowest BCUT2D eigenvalue weighted by atomic mass is 9.77. The Labute approximate surface area is 150 Å². The number of aryl methyl sites for hydroxylation is 1. The Morgan fingerprint density at radius 2 is 2.00 bits per heavy atom. The molecule has 2 N–H and O–H groups in total. The molecule has 1 saturated carbocycles. The number of carbonyl (C=O) groups is 3. The number of hydrogen-bond donors (Lipinski definition) is 2. The normalized spacial score (nSPS) is 25.5. The molecule has 1 spiro atoms. The molecule has 0 radical (unpaired) electrons. The molecule has 0 bridgehead atoms. The molecule has 140 valence electrons. The third-order valence-corrected chi connectivity index (χ3v) is 5.04. The molecule has 0 atom stereocenters. The number of nitrogens with zero attached hydrogens (tertiary/aromatic N) is 3. The Hall–Kier alpha value is -2.71. The van der Waals surface area contributed by atoms with E-state index in [1.807, 2.05) is 6.92 Å². The van der Waals surface area contributed by atoms with Gasteiger partial charge in [-0.25, -0.2) is 9.48 Å². The van der Waals surface area contributed by atoms with Crippen LogP contribution in [0.25, 0.3) is 0 Å². The molecule has 1 aliphatic carbocycles. The highest BCUT2D eigenvalue weighted by Gasteiger charge is 2.53. The number of urea groups is 1. The summed E-state index contributed by atoms with van der Waals surface area (Å²) in [7, 11) is 0. The second kappa shape index (κ2) is 6.89. The zero-order valence-corrected chi connectivity index (χ0v) is 14.9. The number of hydrazine groups is 1. The maximum atomic E-state index is 12.7. The second-order valence-corrected chi connectivity index (χ2v) is 7.06. The number of hydrogen-bond acceptors (Lipinski definition) is 5. The van der Waals surface area contributed by atoms with Gasteiger partial charge in [-0.3, -0.25) is 19.8 Å². The molecule has 2 fully saturated rings. The number of rotatable bonds is 4. The third-order valence-electron chi connectivity index (χ3n) is 5.04. The van der Waals surface area contributed by atoms with E-state index in [-0.39, 0.29) is 11.3 Å². The lowest BCUT2D eigenvalue weighted by molar-refractivity contribution is -0.134. The minimum absolute atomic E-state index is 0.0307. The van der Waals surface area contributed by atoms with Gasteiger partial charge in [0.15, 0.2) is 5.69 Å². The van der Waals surface area contributed by atoms with Crippen molar-refractivity contribution in [3.8, 4) is 0 Å². The van der Waals surface area contributed by atoms with Gasteiger partial charge in [0, 0.05) is 12.6 Å². The van der Waals surface area contributed by atoms with Crippen molar-refractivity contribution in [1.29, 1.82) is 0 Å². The van der Waals surface area contributed by atoms with Gasteiger partial charge in [-0.05, 0) is 44.1 Å². The molecule has 2 aliphatic rings. The molecule has 1 aromatic heterocycles. The van der Waals surface area contributed by atoms with Crippen LogP contribution in [0.5, 0.6) is 0 Å².